The van der Waals surface area contributed by atoms with Gasteiger partial charge in [0, 0.05) is 18.1 Å². The van der Waals surface area contributed by atoms with Gasteiger partial charge in [0.2, 0.25) is 11.7 Å². The quantitative estimate of drug-likeness (QED) is 0.943. The zero-order valence-electron chi connectivity index (χ0n) is 13.3. The van der Waals surface area contributed by atoms with Crippen molar-refractivity contribution in [2.45, 2.75) is 6.92 Å². The molecule has 2 aromatic carbocycles. The molecule has 0 atom stereocenters. The van der Waals surface area contributed by atoms with Crippen molar-refractivity contribution in [3.63, 3.8) is 0 Å². The first-order valence-corrected chi connectivity index (χ1v) is 7.37. The number of fused-ring (bicyclic) bond motifs is 1. The molecule has 0 aromatic heterocycles. The van der Waals surface area contributed by atoms with Crippen molar-refractivity contribution >= 4 is 23.0 Å². The Morgan fingerprint density at radius 3 is 2.04 bits per heavy atom. The van der Waals surface area contributed by atoms with Crippen LogP contribution < -0.4 is 10.1 Å². The van der Waals surface area contributed by atoms with Gasteiger partial charge in [-0.05, 0) is 17.7 Å². The molecule has 3 rings (SSSR count). The summed E-state index contributed by atoms with van der Waals surface area (Å²) in [5, 5.41) is 2.52. The minimum Gasteiger partial charge on any atom is -0.497 e. The summed E-state index contributed by atoms with van der Waals surface area (Å²) in [7, 11) is 1.54. The van der Waals surface area contributed by atoms with Crippen LogP contribution in [0.3, 0.4) is 0 Å². The molecule has 24 heavy (non-hydrogen) atoms. The van der Waals surface area contributed by atoms with Gasteiger partial charge in [0.25, 0.3) is 0 Å². The van der Waals surface area contributed by atoms with Gasteiger partial charge in [-0.15, -0.1) is 0 Å². The van der Waals surface area contributed by atoms with Gasteiger partial charge in [-0.2, -0.15) is 0 Å². The first kappa shape index (κ1) is 15.7. The standard InChI is InChI=1S/C19H15NO4/c1-11(21)20-17-16(12-7-9-13(24-2)10-8-12)18(22)14-5-3-4-6-15(14)19(17)23/h3-10H,1-2H3,(H,20,21). The van der Waals surface area contributed by atoms with E-state index in [0.29, 0.717) is 22.4 Å². The lowest BCUT2D eigenvalue weighted by Crippen LogP contribution is -2.32. The maximum Gasteiger partial charge on any atom is 0.221 e. The van der Waals surface area contributed by atoms with Crippen LogP contribution in [0.2, 0.25) is 0 Å². The molecule has 1 aliphatic carbocycles. The zero-order valence-corrected chi connectivity index (χ0v) is 13.3. The predicted molar refractivity (Wildman–Crippen MR) is 88.8 cm³/mol. The molecule has 0 unspecified atom stereocenters. The molecular weight excluding hydrogens is 306 g/mol. The van der Waals surface area contributed by atoms with Gasteiger partial charge in [0.05, 0.1) is 12.7 Å². The Kier molecular flexibility index (Phi) is 4.00. The number of nitrogens with one attached hydrogen (secondary N) is 1. The van der Waals surface area contributed by atoms with Gasteiger partial charge >= 0.3 is 0 Å². The van der Waals surface area contributed by atoms with Crippen molar-refractivity contribution in [3.8, 4) is 5.75 Å². The van der Waals surface area contributed by atoms with Crippen molar-refractivity contribution < 1.29 is 19.1 Å². The highest BCUT2D eigenvalue weighted by molar-refractivity contribution is 6.40. The molecule has 0 saturated carbocycles. The molecule has 120 valence electrons. The lowest BCUT2D eigenvalue weighted by molar-refractivity contribution is -0.118. The molecule has 1 amide bonds. The number of allylic oxidation sites excluding steroid dienone is 2. The number of amides is 1. The SMILES string of the molecule is COc1ccc(C2=C(NC(C)=O)C(=O)c3ccccc3C2=O)cc1. The van der Waals surface area contributed by atoms with Gasteiger partial charge in [-0.3, -0.25) is 14.4 Å². The number of hydrogen-bond acceptors (Lipinski definition) is 4. The number of carbonyl (C=O) groups is 3. The number of methoxy groups -OCH3 is 1. The Morgan fingerprint density at radius 1 is 0.917 bits per heavy atom. The van der Waals surface area contributed by atoms with Crippen LogP contribution in [0.5, 0.6) is 5.75 Å². The fraction of sp³-hybridized carbons (Fsp3) is 0.105. The third-order valence-corrected chi connectivity index (χ3v) is 3.80. The Hall–Kier alpha value is -3.21. The number of hydrogen-bond donors (Lipinski definition) is 1. The minimum absolute atomic E-state index is 0.0105. The van der Waals surface area contributed by atoms with Crippen molar-refractivity contribution in [2.24, 2.45) is 0 Å². The molecule has 0 fully saturated rings. The summed E-state index contributed by atoms with van der Waals surface area (Å²) in [5.74, 6) is -0.433. The second kappa shape index (κ2) is 6.12. The van der Waals surface area contributed by atoms with E-state index in [-0.39, 0.29) is 22.8 Å². The van der Waals surface area contributed by atoms with E-state index >= 15 is 0 Å². The van der Waals surface area contributed by atoms with E-state index in [1.165, 1.54) is 6.92 Å². The van der Waals surface area contributed by atoms with E-state index < -0.39 is 5.91 Å². The van der Waals surface area contributed by atoms with E-state index in [2.05, 4.69) is 5.32 Å². The fourth-order valence-electron chi connectivity index (χ4n) is 2.70. The second-order valence-corrected chi connectivity index (χ2v) is 5.36. The van der Waals surface area contributed by atoms with Crippen molar-refractivity contribution in [2.75, 3.05) is 7.11 Å². The average molecular weight is 321 g/mol. The van der Waals surface area contributed by atoms with E-state index in [9.17, 15) is 14.4 Å². The number of carbonyl (C=O) groups excluding carboxylic acids is 3. The molecule has 0 spiro atoms. The Morgan fingerprint density at radius 2 is 1.50 bits per heavy atom. The van der Waals surface area contributed by atoms with Crippen LogP contribution in [0, 0.1) is 0 Å². The molecule has 1 N–H and O–H groups in total. The van der Waals surface area contributed by atoms with Crippen LogP contribution in [0.15, 0.2) is 54.2 Å². The zero-order chi connectivity index (χ0) is 17.3. The summed E-state index contributed by atoms with van der Waals surface area (Å²) in [6.45, 7) is 1.30. The minimum atomic E-state index is -0.406. The van der Waals surface area contributed by atoms with Gasteiger partial charge in [0.15, 0.2) is 5.78 Å². The summed E-state index contributed by atoms with van der Waals surface area (Å²) in [5.41, 5.74) is 1.38. The molecule has 0 heterocycles. The smallest absolute Gasteiger partial charge is 0.221 e. The summed E-state index contributed by atoms with van der Waals surface area (Å²) in [4.78, 5) is 37.2. The molecule has 0 bridgehead atoms. The third kappa shape index (κ3) is 2.60. The largest absolute Gasteiger partial charge is 0.497 e. The van der Waals surface area contributed by atoms with Crippen molar-refractivity contribution in [1.82, 2.24) is 5.32 Å². The molecule has 5 heteroatoms. The number of rotatable bonds is 3. The summed E-state index contributed by atoms with van der Waals surface area (Å²) in [6, 6.07) is 13.4. The lowest BCUT2D eigenvalue weighted by Gasteiger charge is -2.21. The van der Waals surface area contributed by atoms with Crippen molar-refractivity contribution in [3.05, 3.63) is 70.9 Å². The highest BCUT2D eigenvalue weighted by atomic mass is 16.5. The topological polar surface area (TPSA) is 72.5 Å². The summed E-state index contributed by atoms with van der Waals surface area (Å²) in [6.07, 6.45) is 0. The van der Waals surface area contributed by atoms with Crippen LogP contribution in [-0.4, -0.2) is 24.6 Å². The Bertz CT molecular complexity index is 878. The van der Waals surface area contributed by atoms with Crippen LogP contribution in [-0.2, 0) is 4.79 Å². The average Bonchev–Trinajstić information content (AvgIpc) is 2.59. The first-order chi connectivity index (χ1) is 11.5. The van der Waals surface area contributed by atoms with E-state index in [1.54, 1.807) is 55.6 Å². The van der Waals surface area contributed by atoms with Gasteiger partial charge < -0.3 is 10.1 Å². The normalized spacial score (nSPS) is 13.6. The molecule has 1 aliphatic rings. The van der Waals surface area contributed by atoms with Crippen LogP contribution >= 0.6 is 0 Å². The molecule has 0 saturated heterocycles. The highest BCUT2D eigenvalue weighted by Gasteiger charge is 2.33. The molecular formula is C19H15NO4. The third-order valence-electron chi connectivity index (χ3n) is 3.80. The fourth-order valence-corrected chi connectivity index (χ4v) is 2.70. The highest BCUT2D eigenvalue weighted by Crippen LogP contribution is 2.32. The number of benzene rings is 2. The van der Waals surface area contributed by atoms with Crippen LogP contribution in [0.25, 0.3) is 5.57 Å². The maximum atomic E-state index is 12.9. The lowest BCUT2D eigenvalue weighted by atomic mass is 9.84. The van der Waals surface area contributed by atoms with E-state index in [1.807, 2.05) is 0 Å². The van der Waals surface area contributed by atoms with Gasteiger partial charge in [-0.25, -0.2) is 0 Å². The van der Waals surface area contributed by atoms with Crippen molar-refractivity contribution in [1.29, 1.82) is 0 Å². The van der Waals surface area contributed by atoms with E-state index in [4.69, 9.17) is 4.74 Å². The van der Waals surface area contributed by atoms with Crippen LogP contribution in [0.1, 0.15) is 33.2 Å². The van der Waals surface area contributed by atoms with E-state index in [0.717, 1.165) is 0 Å². The Balaban J connectivity index is 2.21. The Labute approximate surface area is 138 Å². The molecule has 5 nitrogen and oxygen atoms in total. The van der Waals surface area contributed by atoms with Gasteiger partial charge in [-0.1, -0.05) is 36.4 Å². The second-order valence-electron chi connectivity index (χ2n) is 5.36. The molecule has 2 aromatic rings. The number of Topliss-reactive ketones (excluding diaryl/α,β-unsaturated/α-hetero) is 2. The number of ketones is 2. The maximum absolute atomic E-state index is 12.9. The monoisotopic (exact) mass is 321 g/mol. The predicted octanol–water partition coefficient (Wildman–Crippen LogP) is 2.62. The molecule has 0 radical (unpaired) electrons. The van der Waals surface area contributed by atoms with Gasteiger partial charge in [0.1, 0.15) is 11.4 Å². The summed E-state index contributed by atoms with van der Waals surface area (Å²) < 4.78 is 5.11. The molecule has 0 aliphatic heterocycles. The van der Waals surface area contributed by atoms with Crippen LogP contribution in [0.4, 0.5) is 0 Å². The summed E-state index contributed by atoms with van der Waals surface area (Å²) >= 11 is 0. The first-order valence-electron chi connectivity index (χ1n) is 7.37. The number of ether oxygens (including phenoxy) is 1.